The molecule has 0 aliphatic carbocycles. The van der Waals surface area contributed by atoms with E-state index in [1.807, 2.05) is 54.6 Å². The van der Waals surface area contributed by atoms with Gasteiger partial charge in [0.05, 0.1) is 0 Å². The van der Waals surface area contributed by atoms with Crippen molar-refractivity contribution in [2.24, 2.45) is 0 Å². The lowest BCUT2D eigenvalue weighted by Gasteiger charge is -2.05. The van der Waals surface area contributed by atoms with Crippen molar-refractivity contribution in [1.29, 1.82) is 0 Å². The van der Waals surface area contributed by atoms with Crippen LogP contribution in [-0.2, 0) is 11.2 Å². The maximum absolute atomic E-state index is 11.7. The highest BCUT2D eigenvalue weighted by molar-refractivity contribution is 5.90. The van der Waals surface area contributed by atoms with E-state index in [9.17, 15) is 4.79 Å². The molecule has 3 heteroatoms. The molecule has 1 amide bonds. The third-order valence-corrected chi connectivity index (χ3v) is 2.65. The van der Waals surface area contributed by atoms with Crippen LogP contribution in [0.25, 0.3) is 0 Å². The van der Waals surface area contributed by atoms with Crippen molar-refractivity contribution in [3.05, 3.63) is 60.2 Å². The molecule has 0 saturated carbocycles. The van der Waals surface area contributed by atoms with Gasteiger partial charge < -0.3 is 11.1 Å². The first-order chi connectivity index (χ1) is 8.74. The summed E-state index contributed by atoms with van der Waals surface area (Å²) in [4.78, 5) is 11.7. The Balaban J connectivity index is 1.85. The summed E-state index contributed by atoms with van der Waals surface area (Å²) in [5.74, 6) is 0.0172. The van der Waals surface area contributed by atoms with Gasteiger partial charge in [0.1, 0.15) is 0 Å². The quantitative estimate of drug-likeness (QED) is 0.807. The molecule has 2 aromatic carbocycles. The molecule has 0 aliphatic heterocycles. The topological polar surface area (TPSA) is 55.1 Å². The zero-order valence-electron chi connectivity index (χ0n) is 10.1. The van der Waals surface area contributed by atoms with Crippen LogP contribution in [0.3, 0.4) is 0 Å². The monoisotopic (exact) mass is 240 g/mol. The average Bonchev–Trinajstić information content (AvgIpc) is 2.38. The molecule has 92 valence electrons. The number of aryl methyl sites for hydroxylation is 1. The van der Waals surface area contributed by atoms with Crippen molar-refractivity contribution >= 4 is 17.3 Å². The number of hydrogen-bond donors (Lipinski definition) is 2. The number of nitrogens with one attached hydrogen (secondary N) is 1. The summed E-state index contributed by atoms with van der Waals surface area (Å²) in [6, 6.07) is 17.1. The van der Waals surface area contributed by atoms with Crippen LogP contribution < -0.4 is 11.1 Å². The van der Waals surface area contributed by atoms with Crippen LogP contribution in [0, 0.1) is 0 Å². The summed E-state index contributed by atoms with van der Waals surface area (Å²) in [7, 11) is 0. The minimum Gasteiger partial charge on any atom is -0.399 e. The third kappa shape index (κ3) is 3.63. The number of para-hydroxylation sites is 1. The first-order valence-corrected chi connectivity index (χ1v) is 5.93. The van der Waals surface area contributed by atoms with E-state index in [2.05, 4.69) is 5.32 Å². The highest BCUT2D eigenvalue weighted by Gasteiger charge is 2.02. The fourth-order valence-corrected chi connectivity index (χ4v) is 1.75. The number of rotatable bonds is 4. The molecule has 2 rings (SSSR count). The summed E-state index contributed by atoms with van der Waals surface area (Å²) in [5, 5.41) is 2.86. The van der Waals surface area contributed by atoms with Gasteiger partial charge in [0.2, 0.25) is 5.91 Å². The molecule has 0 radical (unpaired) electrons. The second-order valence-corrected chi connectivity index (χ2v) is 4.16. The first kappa shape index (κ1) is 12.2. The molecule has 3 nitrogen and oxygen atoms in total. The van der Waals surface area contributed by atoms with Gasteiger partial charge in [-0.1, -0.05) is 30.3 Å². The molecular formula is C15H16N2O. The minimum absolute atomic E-state index is 0.0172. The Bertz CT molecular complexity index is 523. The van der Waals surface area contributed by atoms with E-state index in [4.69, 9.17) is 5.73 Å². The number of nitrogens with two attached hydrogens (primary N) is 1. The van der Waals surface area contributed by atoms with Gasteiger partial charge in [0, 0.05) is 17.8 Å². The SMILES string of the molecule is Nc1cccc(CCC(=O)Nc2ccccc2)c1. The van der Waals surface area contributed by atoms with Gasteiger partial charge in [0.15, 0.2) is 0 Å². The number of anilines is 2. The third-order valence-electron chi connectivity index (χ3n) is 2.65. The van der Waals surface area contributed by atoms with E-state index in [1.54, 1.807) is 0 Å². The Morgan fingerprint density at radius 1 is 1.06 bits per heavy atom. The maximum Gasteiger partial charge on any atom is 0.224 e. The van der Waals surface area contributed by atoms with Crippen molar-refractivity contribution in [1.82, 2.24) is 0 Å². The van der Waals surface area contributed by atoms with E-state index in [-0.39, 0.29) is 5.91 Å². The number of nitrogen functional groups attached to an aromatic ring is 1. The van der Waals surface area contributed by atoms with E-state index in [0.29, 0.717) is 12.8 Å². The molecule has 0 unspecified atom stereocenters. The predicted molar refractivity (Wildman–Crippen MR) is 74.2 cm³/mol. The van der Waals surface area contributed by atoms with E-state index < -0.39 is 0 Å². The zero-order valence-corrected chi connectivity index (χ0v) is 10.1. The standard InChI is InChI=1S/C15H16N2O/c16-13-6-4-5-12(11-13)9-10-15(18)17-14-7-2-1-3-8-14/h1-8,11H,9-10,16H2,(H,17,18). The minimum atomic E-state index is 0.0172. The van der Waals surface area contributed by atoms with Gasteiger partial charge in [-0.05, 0) is 36.2 Å². The number of carbonyl (C=O) groups excluding carboxylic acids is 1. The van der Waals surface area contributed by atoms with Crippen LogP contribution in [0.15, 0.2) is 54.6 Å². The number of benzene rings is 2. The Labute approximate surface area is 107 Å². The number of amides is 1. The van der Waals surface area contributed by atoms with Gasteiger partial charge >= 0.3 is 0 Å². The van der Waals surface area contributed by atoms with Crippen LogP contribution in [0.1, 0.15) is 12.0 Å². The van der Waals surface area contributed by atoms with E-state index in [1.165, 1.54) is 0 Å². The van der Waals surface area contributed by atoms with Crippen LogP contribution in [0.4, 0.5) is 11.4 Å². The zero-order chi connectivity index (χ0) is 12.8. The molecule has 0 bridgehead atoms. The molecule has 0 spiro atoms. The first-order valence-electron chi connectivity index (χ1n) is 5.93. The molecule has 0 fully saturated rings. The molecule has 0 aliphatic rings. The predicted octanol–water partition coefficient (Wildman–Crippen LogP) is 2.84. The van der Waals surface area contributed by atoms with Gasteiger partial charge in [-0.3, -0.25) is 4.79 Å². The molecule has 18 heavy (non-hydrogen) atoms. The molecule has 0 saturated heterocycles. The molecule has 0 heterocycles. The lowest BCUT2D eigenvalue weighted by Crippen LogP contribution is -2.12. The van der Waals surface area contributed by atoms with Gasteiger partial charge in [-0.15, -0.1) is 0 Å². The second-order valence-electron chi connectivity index (χ2n) is 4.16. The summed E-state index contributed by atoms with van der Waals surface area (Å²) >= 11 is 0. The molecular weight excluding hydrogens is 224 g/mol. The number of hydrogen-bond acceptors (Lipinski definition) is 2. The Morgan fingerprint density at radius 2 is 1.83 bits per heavy atom. The van der Waals surface area contributed by atoms with Crippen molar-refractivity contribution in [2.45, 2.75) is 12.8 Å². The Kier molecular flexibility index (Phi) is 3.97. The van der Waals surface area contributed by atoms with Crippen LogP contribution in [0.5, 0.6) is 0 Å². The second kappa shape index (κ2) is 5.87. The molecule has 0 atom stereocenters. The lowest BCUT2D eigenvalue weighted by atomic mass is 10.1. The largest absolute Gasteiger partial charge is 0.399 e. The van der Waals surface area contributed by atoms with Gasteiger partial charge in [0.25, 0.3) is 0 Å². The molecule has 0 aromatic heterocycles. The fourth-order valence-electron chi connectivity index (χ4n) is 1.75. The van der Waals surface area contributed by atoms with Crippen LogP contribution in [-0.4, -0.2) is 5.91 Å². The Hall–Kier alpha value is -2.29. The highest BCUT2D eigenvalue weighted by atomic mass is 16.1. The normalized spacial score (nSPS) is 10.0. The van der Waals surface area contributed by atoms with Gasteiger partial charge in [-0.25, -0.2) is 0 Å². The smallest absolute Gasteiger partial charge is 0.224 e. The van der Waals surface area contributed by atoms with E-state index >= 15 is 0 Å². The summed E-state index contributed by atoms with van der Waals surface area (Å²) in [5.41, 5.74) is 8.33. The van der Waals surface area contributed by atoms with E-state index in [0.717, 1.165) is 16.9 Å². The van der Waals surface area contributed by atoms with Crippen LogP contribution in [0.2, 0.25) is 0 Å². The highest BCUT2D eigenvalue weighted by Crippen LogP contribution is 2.10. The van der Waals surface area contributed by atoms with Crippen LogP contribution >= 0.6 is 0 Å². The maximum atomic E-state index is 11.7. The number of carbonyl (C=O) groups is 1. The molecule has 3 N–H and O–H groups in total. The summed E-state index contributed by atoms with van der Waals surface area (Å²) < 4.78 is 0. The molecule has 2 aromatic rings. The van der Waals surface area contributed by atoms with Crippen molar-refractivity contribution in [3.63, 3.8) is 0 Å². The lowest BCUT2D eigenvalue weighted by molar-refractivity contribution is -0.116. The van der Waals surface area contributed by atoms with Gasteiger partial charge in [-0.2, -0.15) is 0 Å². The average molecular weight is 240 g/mol. The van der Waals surface area contributed by atoms with Crippen molar-refractivity contribution in [3.8, 4) is 0 Å². The Morgan fingerprint density at radius 3 is 2.56 bits per heavy atom. The van der Waals surface area contributed by atoms with Crippen molar-refractivity contribution in [2.75, 3.05) is 11.1 Å². The summed E-state index contributed by atoms with van der Waals surface area (Å²) in [6.07, 6.45) is 1.15. The van der Waals surface area contributed by atoms with Crippen molar-refractivity contribution < 1.29 is 4.79 Å². The summed E-state index contributed by atoms with van der Waals surface area (Å²) in [6.45, 7) is 0. The fraction of sp³-hybridized carbons (Fsp3) is 0.133.